The number of hydrogen-bond acceptors (Lipinski definition) is 7. The predicted molar refractivity (Wildman–Crippen MR) is 127 cm³/mol. The molecule has 0 spiro atoms. The molecule has 0 unspecified atom stereocenters. The maximum Gasteiger partial charge on any atom is 0.276 e. The predicted octanol–water partition coefficient (Wildman–Crippen LogP) is 4.93. The SMILES string of the molecule is CCOc1cc(C=NNS(=O)(=O)c2ccc3ccccc3c2)ccc1Oc1nc(Cl)ncc1F. The van der Waals surface area contributed by atoms with E-state index >= 15 is 0 Å². The molecule has 0 fully saturated rings. The van der Waals surface area contributed by atoms with Crippen molar-refractivity contribution < 1.29 is 22.3 Å². The monoisotopic (exact) mass is 500 g/mol. The second kappa shape index (κ2) is 10.0. The molecule has 0 aliphatic rings. The summed E-state index contributed by atoms with van der Waals surface area (Å²) in [5.74, 6) is -0.687. The summed E-state index contributed by atoms with van der Waals surface area (Å²) in [6.07, 6.45) is 2.21. The molecule has 0 saturated heterocycles. The van der Waals surface area contributed by atoms with Crippen molar-refractivity contribution in [2.24, 2.45) is 5.10 Å². The third-order valence-corrected chi connectivity index (χ3v) is 5.98. The zero-order valence-corrected chi connectivity index (χ0v) is 19.3. The van der Waals surface area contributed by atoms with Crippen LogP contribution in [0.3, 0.4) is 0 Å². The van der Waals surface area contributed by atoms with Gasteiger partial charge in [-0.15, -0.1) is 0 Å². The number of hydrogen-bond donors (Lipinski definition) is 1. The number of rotatable bonds is 8. The molecule has 0 atom stereocenters. The fourth-order valence-electron chi connectivity index (χ4n) is 3.02. The number of ether oxygens (including phenoxy) is 2. The molecule has 11 heteroatoms. The Hall–Kier alpha value is -3.76. The Morgan fingerprint density at radius 3 is 2.68 bits per heavy atom. The molecule has 0 bridgehead atoms. The minimum Gasteiger partial charge on any atom is -0.490 e. The minimum absolute atomic E-state index is 0.0904. The first-order valence-corrected chi connectivity index (χ1v) is 11.9. The quantitative estimate of drug-likeness (QED) is 0.209. The van der Waals surface area contributed by atoms with Gasteiger partial charge in [-0.3, -0.25) is 0 Å². The van der Waals surface area contributed by atoms with E-state index in [1.807, 2.05) is 24.3 Å². The lowest BCUT2D eigenvalue weighted by Gasteiger charge is -2.12. The van der Waals surface area contributed by atoms with Gasteiger partial charge in [0, 0.05) is 0 Å². The maximum absolute atomic E-state index is 13.9. The Morgan fingerprint density at radius 2 is 1.88 bits per heavy atom. The largest absolute Gasteiger partial charge is 0.490 e. The first-order valence-electron chi connectivity index (χ1n) is 10.0. The summed E-state index contributed by atoms with van der Waals surface area (Å²) < 4.78 is 50.2. The van der Waals surface area contributed by atoms with Gasteiger partial charge < -0.3 is 9.47 Å². The third-order valence-electron chi connectivity index (χ3n) is 4.57. The van der Waals surface area contributed by atoms with E-state index in [0.29, 0.717) is 12.2 Å². The van der Waals surface area contributed by atoms with Crippen molar-refractivity contribution in [3.8, 4) is 17.4 Å². The van der Waals surface area contributed by atoms with E-state index in [-0.39, 0.29) is 27.6 Å². The number of benzene rings is 3. The van der Waals surface area contributed by atoms with Gasteiger partial charge in [-0.2, -0.15) is 22.9 Å². The molecule has 1 heterocycles. The van der Waals surface area contributed by atoms with Crippen LogP contribution in [0.25, 0.3) is 10.8 Å². The highest BCUT2D eigenvalue weighted by Crippen LogP contribution is 2.33. The van der Waals surface area contributed by atoms with Crippen LogP contribution in [0.1, 0.15) is 12.5 Å². The van der Waals surface area contributed by atoms with E-state index in [2.05, 4.69) is 19.9 Å². The fourth-order valence-corrected chi connectivity index (χ4v) is 3.97. The molecule has 0 amide bonds. The Balaban J connectivity index is 1.52. The first kappa shape index (κ1) is 23.4. The maximum atomic E-state index is 13.9. The molecule has 4 aromatic rings. The zero-order valence-electron chi connectivity index (χ0n) is 17.8. The van der Waals surface area contributed by atoms with Gasteiger partial charge in [0.2, 0.25) is 11.1 Å². The van der Waals surface area contributed by atoms with E-state index in [4.69, 9.17) is 21.1 Å². The highest BCUT2D eigenvalue weighted by Gasteiger charge is 2.15. The molecule has 174 valence electrons. The van der Waals surface area contributed by atoms with Crippen molar-refractivity contribution in [3.63, 3.8) is 0 Å². The lowest BCUT2D eigenvalue weighted by molar-refractivity contribution is 0.316. The normalized spacial score (nSPS) is 11.6. The van der Waals surface area contributed by atoms with Crippen molar-refractivity contribution in [3.05, 3.63) is 83.5 Å². The number of nitrogens with zero attached hydrogens (tertiary/aromatic N) is 3. The van der Waals surface area contributed by atoms with E-state index in [1.54, 1.807) is 31.2 Å². The molecule has 3 aromatic carbocycles. The second-order valence-corrected chi connectivity index (χ2v) is 8.89. The van der Waals surface area contributed by atoms with Gasteiger partial charge in [-0.1, -0.05) is 30.3 Å². The van der Waals surface area contributed by atoms with Gasteiger partial charge in [-0.25, -0.2) is 9.82 Å². The zero-order chi connectivity index (χ0) is 24.1. The summed E-state index contributed by atoms with van der Waals surface area (Å²) in [6.45, 7) is 2.07. The van der Waals surface area contributed by atoms with E-state index < -0.39 is 15.8 Å². The first-order chi connectivity index (χ1) is 16.4. The Bertz CT molecular complexity index is 1480. The summed E-state index contributed by atoms with van der Waals surface area (Å²) in [5.41, 5.74) is 0.512. The molecule has 0 saturated carbocycles. The Labute approximate surface area is 200 Å². The summed E-state index contributed by atoms with van der Waals surface area (Å²) >= 11 is 5.70. The van der Waals surface area contributed by atoms with Gasteiger partial charge in [-0.05, 0) is 65.2 Å². The van der Waals surface area contributed by atoms with Crippen molar-refractivity contribution in [1.82, 2.24) is 14.8 Å². The van der Waals surface area contributed by atoms with Crippen LogP contribution in [0, 0.1) is 5.82 Å². The number of sulfonamides is 1. The second-order valence-electron chi connectivity index (χ2n) is 6.90. The number of aromatic nitrogens is 2. The van der Waals surface area contributed by atoms with Crippen LogP contribution < -0.4 is 14.3 Å². The third kappa shape index (κ3) is 5.41. The summed E-state index contributed by atoms with van der Waals surface area (Å²) in [4.78, 5) is 9.54. The molecule has 1 N–H and O–H groups in total. The van der Waals surface area contributed by atoms with Crippen LogP contribution in [0.2, 0.25) is 5.28 Å². The molecule has 1 aromatic heterocycles. The van der Waals surface area contributed by atoms with E-state index in [9.17, 15) is 12.8 Å². The van der Waals surface area contributed by atoms with Crippen LogP contribution in [0.15, 0.2) is 76.9 Å². The van der Waals surface area contributed by atoms with E-state index in [1.165, 1.54) is 18.3 Å². The lowest BCUT2D eigenvalue weighted by Crippen LogP contribution is -2.18. The Kier molecular flexibility index (Phi) is 6.90. The van der Waals surface area contributed by atoms with Crippen LogP contribution in [0.5, 0.6) is 17.4 Å². The van der Waals surface area contributed by atoms with Crippen LogP contribution in [-0.2, 0) is 10.0 Å². The summed E-state index contributed by atoms with van der Waals surface area (Å²) in [5, 5.41) is 5.41. The number of hydrazone groups is 1. The number of halogens is 2. The van der Waals surface area contributed by atoms with Gasteiger partial charge in [0.25, 0.3) is 15.9 Å². The summed E-state index contributed by atoms with van der Waals surface area (Å²) in [7, 11) is -3.87. The van der Waals surface area contributed by atoms with Crippen molar-refractivity contribution in [2.45, 2.75) is 11.8 Å². The van der Waals surface area contributed by atoms with Crippen molar-refractivity contribution in [1.29, 1.82) is 0 Å². The average Bonchev–Trinajstić information content (AvgIpc) is 2.82. The van der Waals surface area contributed by atoms with Crippen LogP contribution in [-0.4, -0.2) is 31.2 Å². The molecular formula is C23H18ClFN4O4S. The minimum atomic E-state index is -3.87. The molecule has 8 nitrogen and oxygen atoms in total. The molecule has 0 aliphatic carbocycles. The molecule has 34 heavy (non-hydrogen) atoms. The van der Waals surface area contributed by atoms with E-state index in [0.717, 1.165) is 17.0 Å². The highest BCUT2D eigenvalue weighted by atomic mass is 35.5. The topological polar surface area (TPSA) is 103 Å². The van der Waals surface area contributed by atoms with Gasteiger partial charge >= 0.3 is 0 Å². The standard InChI is InChI=1S/C23H18ClFN4O4S/c1-2-32-21-11-15(7-10-20(21)33-22-19(25)14-26-23(24)28-22)13-27-29-34(30,31)18-9-8-16-5-3-4-6-17(16)12-18/h3-14,29H,2H2,1H3. The highest BCUT2D eigenvalue weighted by molar-refractivity contribution is 7.89. The van der Waals surface area contributed by atoms with Gasteiger partial charge in [0.1, 0.15) is 0 Å². The van der Waals surface area contributed by atoms with Gasteiger partial charge in [0.05, 0.1) is 23.9 Å². The summed E-state index contributed by atoms with van der Waals surface area (Å²) in [6, 6.07) is 16.9. The van der Waals surface area contributed by atoms with Crippen molar-refractivity contribution in [2.75, 3.05) is 6.61 Å². The van der Waals surface area contributed by atoms with Crippen molar-refractivity contribution >= 4 is 38.6 Å². The lowest BCUT2D eigenvalue weighted by atomic mass is 10.1. The smallest absolute Gasteiger partial charge is 0.276 e. The average molecular weight is 501 g/mol. The van der Waals surface area contributed by atoms with Crippen LogP contribution in [0.4, 0.5) is 4.39 Å². The molecule has 4 rings (SSSR count). The fraction of sp³-hybridized carbons (Fsp3) is 0.0870. The van der Waals surface area contributed by atoms with Crippen LogP contribution >= 0.6 is 11.6 Å². The number of nitrogens with one attached hydrogen (secondary N) is 1. The molecule has 0 radical (unpaired) electrons. The number of fused-ring (bicyclic) bond motifs is 1. The molecule has 0 aliphatic heterocycles. The Morgan fingerprint density at radius 1 is 1.09 bits per heavy atom. The molecular weight excluding hydrogens is 483 g/mol. The van der Waals surface area contributed by atoms with Gasteiger partial charge in [0.15, 0.2) is 11.5 Å².